The van der Waals surface area contributed by atoms with Gasteiger partial charge in [0.2, 0.25) is 0 Å². The number of ether oxygens (including phenoxy) is 1. The van der Waals surface area contributed by atoms with Gasteiger partial charge in [0.25, 0.3) is 5.91 Å². The lowest BCUT2D eigenvalue weighted by atomic mass is 9.97. The van der Waals surface area contributed by atoms with Crippen molar-refractivity contribution in [2.24, 2.45) is 0 Å². The number of carbonyl (C=O) groups excluding carboxylic acids is 1. The summed E-state index contributed by atoms with van der Waals surface area (Å²) in [7, 11) is 0. The highest BCUT2D eigenvalue weighted by molar-refractivity contribution is 6.50. The van der Waals surface area contributed by atoms with E-state index in [0.717, 1.165) is 42.9 Å². The van der Waals surface area contributed by atoms with E-state index in [-0.39, 0.29) is 5.57 Å². The summed E-state index contributed by atoms with van der Waals surface area (Å²) in [4.78, 5) is 26.6. The molecule has 1 aliphatic rings. The van der Waals surface area contributed by atoms with Gasteiger partial charge in [-0.05, 0) is 66.4 Å². The van der Waals surface area contributed by atoms with E-state index in [2.05, 4.69) is 10.2 Å². The highest BCUT2D eigenvalue weighted by Gasteiger charge is 2.22. The number of amides is 1. The van der Waals surface area contributed by atoms with Crippen molar-refractivity contribution in [2.45, 2.75) is 12.8 Å². The van der Waals surface area contributed by atoms with Gasteiger partial charge in [0.15, 0.2) is 5.71 Å². The molecule has 4 rings (SSSR count). The number of para-hydroxylation sites is 2. The summed E-state index contributed by atoms with van der Waals surface area (Å²) in [6.07, 6.45) is 3.33. The molecule has 1 amide bonds. The molecule has 0 saturated heterocycles. The molecule has 0 radical (unpaired) electrons. The number of hydrogen-bond donors (Lipinski definition) is 3. The van der Waals surface area contributed by atoms with Crippen LogP contribution in [0.5, 0.6) is 5.75 Å². The van der Waals surface area contributed by atoms with Gasteiger partial charge < -0.3 is 20.1 Å². The fourth-order valence-corrected chi connectivity index (χ4v) is 4.06. The highest BCUT2D eigenvalue weighted by Crippen LogP contribution is 2.29. The smallest absolute Gasteiger partial charge is 0.354 e. The maximum atomic E-state index is 12.8. The maximum absolute atomic E-state index is 12.8. The lowest BCUT2D eigenvalue weighted by Crippen LogP contribution is -2.33. The topological polar surface area (TPSA) is 103 Å². The van der Waals surface area contributed by atoms with E-state index in [1.807, 2.05) is 54.6 Å². The number of aryl methyl sites for hydroxylation is 1. The number of carboxylic acid groups (broad SMARTS) is 1. The maximum Gasteiger partial charge on any atom is 0.354 e. The SMILES string of the molecule is N=C(C(=O)O)/C(=C/c1ccc2c(c1)CCCN2CCOc1ccccc1)C(=O)Nc1ccccc1. The number of nitrogens with zero attached hydrogens (tertiary/aromatic N) is 1. The van der Waals surface area contributed by atoms with Gasteiger partial charge in [-0.1, -0.05) is 42.5 Å². The molecule has 3 N–H and O–H groups in total. The number of carbonyl (C=O) groups is 2. The van der Waals surface area contributed by atoms with Crippen LogP contribution in [-0.2, 0) is 16.0 Å². The average Bonchev–Trinajstić information content (AvgIpc) is 2.88. The first-order valence-electron chi connectivity index (χ1n) is 11.5. The Hall–Kier alpha value is -4.39. The first kappa shape index (κ1) is 23.8. The van der Waals surface area contributed by atoms with Gasteiger partial charge in [-0.15, -0.1) is 0 Å². The Balaban J connectivity index is 1.52. The second kappa shape index (κ2) is 11.2. The summed E-state index contributed by atoms with van der Waals surface area (Å²) in [5.41, 5.74) is 2.47. The molecule has 0 saturated carbocycles. The van der Waals surface area contributed by atoms with Gasteiger partial charge >= 0.3 is 5.97 Å². The molecular weight excluding hydrogens is 442 g/mol. The number of hydrogen-bond acceptors (Lipinski definition) is 5. The van der Waals surface area contributed by atoms with Crippen LogP contribution in [0.2, 0.25) is 0 Å². The Morgan fingerprint density at radius 3 is 2.46 bits per heavy atom. The lowest BCUT2D eigenvalue weighted by molar-refractivity contribution is -0.129. The predicted molar refractivity (Wildman–Crippen MR) is 137 cm³/mol. The van der Waals surface area contributed by atoms with Crippen molar-refractivity contribution in [2.75, 3.05) is 29.9 Å². The number of nitrogens with one attached hydrogen (secondary N) is 2. The van der Waals surface area contributed by atoms with E-state index in [0.29, 0.717) is 17.9 Å². The standard InChI is InChI=1S/C28H27N3O4/c29-26(28(33)34)24(27(32)30-22-9-3-1-4-10-22)19-20-13-14-25-21(18-20)8-7-15-31(25)16-17-35-23-11-5-2-6-12-23/h1-6,9-14,18-19,29H,7-8,15-17H2,(H,30,32)(H,33,34)/b24-19-,29-26?. The summed E-state index contributed by atoms with van der Waals surface area (Å²) in [6, 6.07) is 24.3. The molecule has 1 heterocycles. The van der Waals surface area contributed by atoms with Crippen LogP contribution in [0, 0.1) is 5.41 Å². The minimum absolute atomic E-state index is 0.203. The fraction of sp³-hybridized carbons (Fsp3) is 0.179. The average molecular weight is 470 g/mol. The fourth-order valence-electron chi connectivity index (χ4n) is 4.06. The van der Waals surface area contributed by atoms with Crippen LogP contribution in [0.25, 0.3) is 6.08 Å². The third-order valence-electron chi connectivity index (χ3n) is 5.76. The van der Waals surface area contributed by atoms with E-state index >= 15 is 0 Å². The molecule has 178 valence electrons. The Morgan fingerprint density at radius 1 is 1.03 bits per heavy atom. The Labute approximate surface area is 204 Å². The largest absolute Gasteiger partial charge is 0.492 e. The minimum atomic E-state index is -1.46. The summed E-state index contributed by atoms with van der Waals surface area (Å²) in [6.45, 7) is 2.23. The molecule has 0 bridgehead atoms. The van der Waals surface area contributed by atoms with Gasteiger partial charge in [0, 0.05) is 17.9 Å². The van der Waals surface area contributed by atoms with Crippen LogP contribution >= 0.6 is 0 Å². The Morgan fingerprint density at radius 2 is 1.74 bits per heavy atom. The van der Waals surface area contributed by atoms with E-state index < -0.39 is 17.6 Å². The van der Waals surface area contributed by atoms with E-state index in [1.165, 1.54) is 6.08 Å². The second-order valence-corrected chi connectivity index (χ2v) is 8.20. The number of rotatable bonds is 9. The van der Waals surface area contributed by atoms with Crippen molar-refractivity contribution < 1.29 is 19.4 Å². The van der Waals surface area contributed by atoms with Crippen LogP contribution < -0.4 is 15.0 Å². The molecule has 7 nitrogen and oxygen atoms in total. The Bertz CT molecular complexity index is 1240. The van der Waals surface area contributed by atoms with Crippen molar-refractivity contribution in [3.8, 4) is 5.75 Å². The third kappa shape index (κ3) is 6.14. The number of carboxylic acids is 1. The van der Waals surface area contributed by atoms with E-state index in [1.54, 1.807) is 24.3 Å². The van der Waals surface area contributed by atoms with Crippen molar-refractivity contribution in [1.82, 2.24) is 0 Å². The zero-order chi connectivity index (χ0) is 24.6. The van der Waals surface area contributed by atoms with Crippen LogP contribution in [0.3, 0.4) is 0 Å². The second-order valence-electron chi connectivity index (χ2n) is 8.20. The number of benzene rings is 3. The molecule has 0 unspecified atom stereocenters. The molecule has 0 aromatic heterocycles. The van der Waals surface area contributed by atoms with Crippen molar-refractivity contribution in [3.63, 3.8) is 0 Å². The summed E-state index contributed by atoms with van der Waals surface area (Å²) in [5.74, 6) is -1.25. The summed E-state index contributed by atoms with van der Waals surface area (Å²) >= 11 is 0. The summed E-state index contributed by atoms with van der Waals surface area (Å²) in [5, 5.41) is 20.0. The van der Waals surface area contributed by atoms with Crippen LogP contribution in [0.1, 0.15) is 17.5 Å². The van der Waals surface area contributed by atoms with E-state index in [4.69, 9.17) is 10.1 Å². The van der Waals surface area contributed by atoms with Gasteiger partial charge in [0.1, 0.15) is 12.4 Å². The number of fused-ring (bicyclic) bond motifs is 1. The lowest BCUT2D eigenvalue weighted by Gasteiger charge is -2.31. The van der Waals surface area contributed by atoms with Crippen molar-refractivity contribution in [1.29, 1.82) is 5.41 Å². The van der Waals surface area contributed by atoms with Gasteiger partial charge in [-0.25, -0.2) is 4.79 Å². The number of aliphatic carboxylic acids is 1. The molecule has 3 aromatic carbocycles. The molecule has 0 aliphatic carbocycles. The zero-order valence-electron chi connectivity index (χ0n) is 19.2. The molecular formula is C28H27N3O4. The van der Waals surface area contributed by atoms with Gasteiger partial charge in [0.05, 0.1) is 12.1 Å². The monoisotopic (exact) mass is 469 g/mol. The van der Waals surface area contributed by atoms with Gasteiger partial charge in [-0.3, -0.25) is 10.2 Å². The zero-order valence-corrected chi connectivity index (χ0v) is 19.2. The van der Waals surface area contributed by atoms with E-state index in [9.17, 15) is 14.7 Å². The predicted octanol–water partition coefficient (Wildman–Crippen LogP) is 4.64. The first-order valence-corrected chi connectivity index (χ1v) is 11.5. The van der Waals surface area contributed by atoms with Crippen LogP contribution in [0.4, 0.5) is 11.4 Å². The molecule has 7 heteroatoms. The van der Waals surface area contributed by atoms with Crippen LogP contribution in [-0.4, -0.2) is 42.4 Å². The molecule has 3 aromatic rings. The molecule has 35 heavy (non-hydrogen) atoms. The van der Waals surface area contributed by atoms with Crippen molar-refractivity contribution in [3.05, 3.63) is 95.6 Å². The first-order chi connectivity index (χ1) is 17.0. The third-order valence-corrected chi connectivity index (χ3v) is 5.76. The molecule has 0 spiro atoms. The minimum Gasteiger partial charge on any atom is -0.492 e. The Kier molecular flexibility index (Phi) is 7.57. The highest BCUT2D eigenvalue weighted by atomic mass is 16.5. The normalized spacial score (nSPS) is 13.0. The molecule has 0 fully saturated rings. The summed E-state index contributed by atoms with van der Waals surface area (Å²) < 4.78 is 5.85. The van der Waals surface area contributed by atoms with Crippen LogP contribution in [0.15, 0.2) is 84.4 Å². The molecule has 0 atom stereocenters. The quantitative estimate of drug-likeness (QED) is 0.313. The van der Waals surface area contributed by atoms with Gasteiger partial charge in [-0.2, -0.15) is 0 Å². The van der Waals surface area contributed by atoms with Crippen molar-refractivity contribution >= 4 is 35.0 Å². The number of anilines is 2. The molecule has 1 aliphatic heterocycles.